The largest absolute Gasteiger partial charge is 0.323 e. The van der Waals surface area contributed by atoms with Crippen molar-refractivity contribution in [2.75, 3.05) is 12.5 Å². The Bertz CT molecular complexity index is 953. The maximum Gasteiger partial charge on any atom is 0.280 e. The lowest BCUT2D eigenvalue weighted by Crippen LogP contribution is -2.31. The molecular formula is C12H9N3O4. The fraction of sp³-hybridized carbons (Fsp3) is 0.167. The van der Waals surface area contributed by atoms with E-state index in [9.17, 15) is 19.2 Å². The molecule has 0 amide bonds. The summed E-state index contributed by atoms with van der Waals surface area (Å²) in [5, 5.41) is 0.583. The molecule has 0 fully saturated rings. The molecule has 2 aromatic heterocycles. The predicted molar refractivity (Wildman–Crippen MR) is 71.2 cm³/mol. The Balaban J connectivity index is 2.70. The first-order chi connectivity index (χ1) is 8.97. The van der Waals surface area contributed by atoms with Crippen molar-refractivity contribution < 1.29 is 0 Å². The summed E-state index contributed by atoms with van der Waals surface area (Å²) in [5.74, 6) is 0. The van der Waals surface area contributed by atoms with Crippen LogP contribution in [-0.2, 0) is 7.05 Å². The minimum absolute atomic E-state index is 0.134. The Hall–Kier alpha value is -2.70. The van der Waals surface area contributed by atoms with Crippen LogP contribution >= 0.6 is 0 Å². The van der Waals surface area contributed by atoms with Gasteiger partial charge in [-0.3, -0.25) is 23.7 Å². The summed E-state index contributed by atoms with van der Waals surface area (Å²) in [5.41, 5.74) is 0.482. The molecular weight excluding hydrogens is 250 g/mol. The van der Waals surface area contributed by atoms with Gasteiger partial charge in [0.2, 0.25) is 0 Å². The molecule has 7 nitrogen and oxygen atoms in total. The van der Waals surface area contributed by atoms with E-state index in [4.69, 9.17) is 0 Å². The quantitative estimate of drug-likeness (QED) is 0.582. The fourth-order valence-corrected chi connectivity index (χ4v) is 2.30. The topological polar surface area (TPSA) is 90.2 Å². The summed E-state index contributed by atoms with van der Waals surface area (Å²) in [6.45, 7) is 0. The van der Waals surface area contributed by atoms with Gasteiger partial charge in [-0.2, -0.15) is 4.68 Å². The first kappa shape index (κ1) is 11.4. The lowest BCUT2D eigenvalue weighted by Gasteiger charge is -1.93. The first-order valence-corrected chi connectivity index (χ1v) is 5.54. The second-order valence-electron chi connectivity index (χ2n) is 4.28. The molecule has 0 aliphatic heterocycles. The van der Waals surface area contributed by atoms with Crippen molar-refractivity contribution in [1.29, 1.82) is 0 Å². The summed E-state index contributed by atoms with van der Waals surface area (Å²) in [6, 6.07) is 2.62. The van der Waals surface area contributed by atoms with Gasteiger partial charge in [0.05, 0.1) is 21.5 Å². The Labute approximate surface area is 105 Å². The molecule has 1 aromatic carbocycles. The predicted octanol–water partition coefficient (Wildman–Crippen LogP) is -1.38. The molecule has 3 rings (SSSR count). The fourth-order valence-electron chi connectivity index (χ4n) is 2.30. The van der Waals surface area contributed by atoms with E-state index in [-0.39, 0.29) is 21.5 Å². The molecule has 96 valence electrons. The number of aromatic nitrogens is 2. The van der Waals surface area contributed by atoms with Crippen LogP contribution in [0.3, 0.4) is 0 Å². The number of fused-ring (bicyclic) bond motifs is 2. The number of hydrogen-bond acceptors (Lipinski definition) is 5. The Morgan fingerprint density at radius 3 is 1.53 bits per heavy atom. The molecule has 0 aliphatic rings. The average Bonchev–Trinajstić information content (AvgIpc) is 2.77. The minimum atomic E-state index is -0.528. The molecule has 19 heavy (non-hydrogen) atoms. The zero-order valence-electron chi connectivity index (χ0n) is 10.2. The standard InChI is InChI=1S/C12H9N3O4/c1-13-15-11(18)7-3-5-6(4-8(7)12(15)19)10(17)14(2)9(5)16/h3-4,13H,1-2H3. The second kappa shape index (κ2) is 3.41. The summed E-state index contributed by atoms with van der Waals surface area (Å²) in [4.78, 5) is 47.5. The molecule has 0 saturated carbocycles. The maximum atomic E-state index is 11.9. The molecule has 7 heteroatoms. The normalized spacial score (nSPS) is 11.5. The van der Waals surface area contributed by atoms with E-state index >= 15 is 0 Å². The van der Waals surface area contributed by atoms with E-state index in [1.165, 1.54) is 26.2 Å². The second-order valence-corrected chi connectivity index (χ2v) is 4.28. The first-order valence-electron chi connectivity index (χ1n) is 5.54. The third-order valence-corrected chi connectivity index (χ3v) is 3.32. The number of nitrogens with zero attached hydrogens (tertiary/aromatic N) is 2. The highest BCUT2D eigenvalue weighted by Crippen LogP contribution is 2.13. The molecule has 0 atom stereocenters. The van der Waals surface area contributed by atoms with Crippen LogP contribution < -0.4 is 27.7 Å². The number of nitrogens with one attached hydrogen (secondary N) is 1. The van der Waals surface area contributed by atoms with Gasteiger partial charge >= 0.3 is 0 Å². The molecule has 0 unspecified atom stereocenters. The third kappa shape index (κ3) is 1.21. The van der Waals surface area contributed by atoms with Crippen LogP contribution in [0, 0.1) is 0 Å². The average molecular weight is 259 g/mol. The van der Waals surface area contributed by atoms with Crippen LogP contribution in [0.15, 0.2) is 31.3 Å². The third-order valence-electron chi connectivity index (χ3n) is 3.32. The number of rotatable bonds is 1. The van der Waals surface area contributed by atoms with Crippen LogP contribution in [0.1, 0.15) is 0 Å². The monoisotopic (exact) mass is 259 g/mol. The van der Waals surface area contributed by atoms with Gasteiger partial charge < -0.3 is 5.43 Å². The number of hydrogen-bond donors (Lipinski definition) is 1. The van der Waals surface area contributed by atoms with Crippen LogP contribution in [0.25, 0.3) is 21.5 Å². The van der Waals surface area contributed by atoms with Gasteiger partial charge in [-0.1, -0.05) is 0 Å². The van der Waals surface area contributed by atoms with E-state index in [1.54, 1.807) is 0 Å². The van der Waals surface area contributed by atoms with Crippen LogP contribution in [-0.4, -0.2) is 16.3 Å². The molecule has 2 heterocycles. The summed E-state index contributed by atoms with van der Waals surface area (Å²) in [7, 11) is 2.80. The summed E-state index contributed by atoms with van der Waals surface area (Å²) < 4.78 is 1.81. The summed E-state index contributed by atoms with van der Waals surface area (Å²) in [6.07, 6.45) is 0. The van der Waals surface area contributed by atoms with Gasteiger partial charge in [0.25, 0.3) is 22.2 Å². The van der Waals surface area contributed by atoms with E-state index < -0.39 is 22.2 Å². The highest BCUT2D eigenvalue weighted by molar-refractivity contribution is 5.97. The van der Waals surface area contributed by atoms with Crippen LogP contribution in [0.2, 0.25) is 0 Å². The SMILES string of the molecule is CNn1c(=O)c2cc3c(=O)n(C)c(=O)c3cc2c1=O. The van der Waals surface area contributed by atoms with E-state index in [0.717, 1.165) is 9.24 Å². The van der Waals surface area contributed by atoms with Crippen molar-refractivity contribution >= 4 is 21.5 Å². The van der Waals surface area contributed by atoms with E-state index in [0.29, 0.717) is 0 Å². The van der Waals surface area contributed by atoms with Gasteiger partial charge in [-0.25, -0.2) is 0 Å². The number of benzene rings is 1. The zero-order valence-corrected chi connectivity index (χ0v) is 10.2. The molecule has 0 spiro atoms. The van der Waals surface area contributed by atoms with Gasteiger partial charge in [0.15, 0.2) is 0 Å². The van der Waals surface area contributed by atoms with E-state index in [1.807, 2.05) is 0 Å². The van der Waals surface area contributed by atoms with Crippen molar-refractivity contribution in [1.82, 2.24) is 9.24 Å². The molecule has 0 radical (unpaired) electrons. The van der Waals surface area contributed by atoms with Gasteiger partial charge in [0.1, 0.15) is 0 Å². The van der Waals surface area contributed by atoms with Gasteiger partial charge in [0, 0.05) is 14.1 Å². The van der Waals surface area contributed by atoms with E-state index in [2.05, 4.69) is 5.43 Å². The Morgan fingerprint density at radius 1 is 0.789 bits per heavy atom. The van der Waals surface area contributed by atoms with Crippen molar-refractivity contribution in [2.45, 2.75) is 0 Å². The molecule has 0 saturated heterocycles. The summed E-state index contributed by atoms with van der Waals surface area (Å²) >= 11 is 0. The van der Waals surface area contributed by atoms with Crippen molar-refractivity contribution in [2.24, 2.45) is 7.05 Å². The van der Waals surface area contributed by atoms with Crippen LogP contribution in [0.4, 0.5) is 0 Å². The highest BCUT2D eigenvalue weighted by atomic mass is 16.2. The van der Waals surface area contributed by atoms with Gasteiger partial charge in [-0.05, 0) is 12.1 Å². The smallest absolute Gasteiger partial charge is 0.280 e. The zero-order chi connectivity index (χ0) is 13.9. The Kier molecular flexibility index (Phi) is 2.04. The molecule has 3 aromatic rings. The lowest BCUT2D eigenvalue weighted by molar-refractivity contribution is 0.856. The molecule has 0 aliphatic carbocycles. The molecule has 1 N–H and O–H groups in total. The van der Waals surface area contributed by atoms with Crippen molar-refractivity contribution in [3.63, 3.8) is 0 Å². The van der Waals surface area contributed by atoms with Gasteiger partial charge in [-0.15, -0.1) is 0 Å². The minimum Gasteiger partial charge on any atom is -0.323 e. The lowest BCUT2D eigenvalue weighted by atomic mass is 10.1. The van der Waals surface area contributed by atoms with Crippen molar-refractivity contribution in [3.8, 4) is 0 Å². The Morgan fingerprint density at radius 2 is 1.16 bits per heavy atom. The maximum absolute atomic E-state index is 11.9. The van der Waals surface area contributed by atoms with Crippen LogP contribution in [0.5, 0.6) is 0 Å². The highest BCUT2D eigenvalue weighted by Gasteiger charge is 2.17. The van der Waals surface area contributed by atoms with Crippen molar-refractivity contribution in [3.05, 3.63) is 53.5 Å². The molecule has 0 bridgehead atoms.